The second kappa shape index (κ2) is 7.91. The van der Waals surface area contributed by atoms with Crippen molar-refractivity contribution in [3.63, 3.8) is 0 Å². The van der Waals surface area contributed by atoms with E-state index in [0.717, 1.165) is 51.6 Å². The summed E-state index contributed by atoms with van der Waals surface area (Å²) in [5, 5.41) is 18.6. The average molecular weight is 466 g/mol. The third-order valence-corrected chi connectivity index (χ3v) is 7.55. The molecule has 0 unspecified atom stereocenters. The number of H-pyrrole nitrogens is 1. The lowest BCUT2D eigenvalue weighted by Gasteiger charge is -2.27. The summed E-state index contributed by atoms with van der Waals surface area (Å²) in [5.74, 6) is -1.77. The third kappa shape index (κ3) is 3.31. The van der Waals surface area contributed by atoms with E-state index < -0.39 is 11.6 Å². The number of nitrogens with zero attached hydrogens (tertiary/aromatic N) is 2. The van der Waals surface area contributed by atoms with Gasteiger partial charge in [-0.25, -0.2) is 13.6 Å². The number of hydrogen-bond donors (Lipinski definition) is 2. The van der Waals surface area contributed by atoms with Crippen molar-refractivity contribution in [1.29, 1.82) is 0 Å². The minimum Gasteiger partial charge on any atom is -0.479 e. The maximum absolute atomic E-state index is 15.2. The Morgan fingerprint density at radius 2 is 1.91 bits per heavy atom. The summed E-state index contributed by atoms with van der Waals surface area (Å²) in [4.78, 5) is 11.7. The molecule has 2 N–H and O–H groups in total. The summed E-state index contributed by atoms with van der Waals surface area (Å²) >= 11 is 0. The number of carboxylic acid groups (broad SMARTS) is 1. The Morgan fingerprint density at radius 1 is 1.15 bits per heavy atom. The van der Waals surface area contributed by atoms with Gasteiger partial charge in [-0.15, -0.1) is 0 Å². The van der Waals surface area contributed by atoms with Crippen molar-refractivity contribution in [3.8, 4) is 5.69 Å². The van der Waals surface area contributed by atoms with Gasteiger partial charge >= 0.3 is 5.97 Å². The summed E-state index contributed by atoms with van der Waals surface area (Å²) in [6.07, 6.45) is 3.80. The van der Waals surface area contributed by atoms with Gasteiger partial charge in [0, 0.05) is 41.3 Å². The maximum atomic E-state index is 15.2. The third-order valence-electron chi connectivity index (χ3n) is 7.55. The van der Waals surface area contributed by atoms with E-state index in [0.29, 0.717) is 19.6 Å². The first-order valence-electron chi connectivity index (χ1n) is 11.7. The van der Waals surface area contributed by atoms with Crippen LogP contribution < -0.4 is 0 Å². The number of carboxylic acids is 1. The highest BCUT2D eigenvalue weighted by molar-refractivity contribution is 5.99. The number of carbonyl (C=O) groups is 1. The first-order valence-corrected chi connectivity index (χ1v) is 11.7. The van der Waals surface area contributed by atoms with Crippen LogP contribution in [0.5, 0.6) is 0 Å². The zero-order valence-electron chi connectivity index (χ0n) is 18.6. The van der Waals surface area contributed by atoms with E-state index in [4.69, 9.17) is 4.74 Å². The van der Waals surface area contributed by atoms with Crippen molar-refractivity contribution in [2.75, 3.05) is 13.2 Å². The van der Waals surface area contributed by atoms with Crippen LogP contribution in [0.15, 0.2) is 42.6 Å². The lowest BCUT2D eigenvalue weighted by atomic mass is 9.86. The number of halogens is 2. The number of ether oxygens (including phenoxy) is 1. The summed E-state index contributed by atoms with van der Waals surface area (Å²) in [6.45, 7) is 1.26. The number of benzene rings is 2. The molecule has 0 radical (unpaired) electrons. The van der Waals surface area contributed by atoms with Crippen molar-refractivity contribution in [3.05, 3.63) is 59.7 Å². The normalized spacial score (nSPS) is 23.8. The lowest BCUT2D eigenvalue weighted by Crippen LogP contribution is -2.30. The number of aliphatic carboxylic acids is 1. The van der Waals surface area contributed by atoms with Crippen LogP contribution in [0.3, 0.4) is 0 Å². The standard InChI is InChI=1S/C26H25F2N3O3/c27-18-1-3-19(4-2-18)31-22-11-17-14-29-30-21(17)12-20(22)23(24(31)15-6-9-34-10-7-15)16-5-8-26(28,13-16)25(32)33/h1-4,11-12,14-16H,5-10,13H2,(H,29,30)(H,32,33)/t16-,26+/m1/s1. The van der Waals surface area contributed by atoms with E-state index in [9.17, 15) is 14.3 Å². The molecule has 2 fully saturated rings. The highest BCUT2D eigenvalue weighted by Gasteiger charge is 2.48. The lowest BCUT2D eigenvalue weighted by molar-refractivity contribution is -0.150. The molecule has 1 saturated heterocycles. The molecule has 1 aliphatic heterocycles. The molecule has 2 aromatic carbocycles. The number of fused-ring (bicyclic) bond motifs is 2. The molecule has 1 aliphatic carbocycles. The zero-order chi connectivity index (χ0) is 23.4. The Bertz CT molecular complexity index is 1390. The Kier molecular flexibility index (Phi) is 4.95. The smallest absolute Gasteiger partial charge is 0.341 e. The van der Waals surface area contributed by atoms with Gasteiger partial charge in [0.25, 0.3) is 0 Å². The first kappa shape index (κ1) is 21.3. The molecule has 1 saturated carbocycles. The Labute approximate surface area is 194 Å². The zero-order valence-corrected chi connectivity index (χ0v) is 18.6. The van der Waals surface area contributed by atoms with Gasteiger partial charge in [0.15, 0.2) is 0 Å². The van der Waals surface area contributed by atoms with Gasteiger partial charge in [0.1, 0.15) is 5.82 Å². The van der Waals surface area contributed by atoms with Crippen molar-refractivity contribution in [2.24, 2.45) is 0 Å². The quantitative estimate of drug-likeness (QED) is 0.411. The molecular formula is C26H25F2N3O3. The SMILES string of the molecule is O=C(O)[C@]1(F)CC[C@@H](c2c(C3CCOCC3)n(-c3ccc(F)cc3)c3cc4cn[nH]c4cc23)C1. The van der Waals surface area contributed by atoms with E-state index in [1.165, 1.54) is 12.1 Å². The molecule has 3 heterocycles. The van der Waals surface area contributed by atoms with Crippen LogP contribution in [0.25, 0.3) is 27.5 Å². The second-order valence-electron chi connectivity index (χ2n) is 9.53. The number of aromatic nitrogens is 3. The fourth-order valence-electron chi connectivity index (χ4n) is 5.88. The Morgan fingerprint density at radius 3 is 2.62 bits per heavy atom. The predicted octanol–water partition coefficient (Wildman–Crippen LogP) is 5.60. The topological polar surface area (TPSA) is 80.1 Å². The van der Waals surface area contributed by atoms with Crippen molar-refractivity contribution in [1.82, 2.24) is 14.8 Å². The number of hydrogen-bond acceptors (Lipinski definition) is 3. The van der Waals surface area contributed by atoms with E-state index in [2.05, 4.69) is 20.8 Å². The maximum Gasteiger partial charge on any atom is 0.341 e. The minimum absolute atomic E-state index is 0.00423. The molecular weight excluding hydrogens is 440 g/mol. The second-order valence-corrected chi connectivity index (χ2v) is 9.53. The van der Waals surface area contributed by atoms with Gasteiger partial charge in [0.2, 0.25) is 5.67 Å². The van der Waals surface area contributed by atoms with E-state index in [1.807, 2.05) is 6.07 Å². The Hall–Kier alpha value is -3.26. The van der Waals surface area contributed by atoms with Crippen LogP contribution in [-0.4, -0.2) is 44.7 Å². The molecule has 176 valence electrons. The molecule has 4 aromatic rings. The van der Waals surface area contributed by atoms with Crippen LogP contribution in [0.4, 0.5) is 8.78 Å². The summed E-state index contributed by atoms with van der Waals surface area (Å²) in [7, 11) is 0. The fourth-order valence-corrected chi connectivity index (χ4v) is 5.88. The molecule has 0 spiro atoms. The van der Waals surface area contributed by atoms with Crippen LogP contribution in [0.2, 0.25) is 0 Å². The van der Waals surface area contributed by atoms with Gasteiger partial charge in [-0.2, -0.15) is 5.10 Å². The van der Waals surface area contributed by atoms with Crippen molar-refractivity contribution in [2.45, 2.75) is 49.6 Å². The van der Waals surface area contributed by atoms with Crippen LogP contribution >= 0.6 is 0 Å². The van der Waals surface area contributed by atoms with Gasteiger partial charge in [-0.05, 0) is 80.0 Å². The average Bonchev–Trinajstić information content (AvgIpc) is 3.54. The van der Waals surface area contributed by atoms with E-state index in [-0.39, 0.29) is 30.5 Å². The molecule has 2 aliphatic rings. The molecule has 2 aromatic heterocycles. The molecule has 2 atom stereocenters. The molecule has 8 heteroatoms. The number of aromatic amines is 1. The fraction of sp³-hybridized carbons (Fsp3) is 0.385. The van der Waals surface area contributed by atoms with Crippen molar-refractivity contribution < 1.29 is 23.4 Å². The largest absolute Gasteiger partial charge is 0.479 e. The highest BCUT2D eigenvalue weighted by Crippen LogP contribution is 2.50. The molecule has 6 nitrogen and oxygen atoms in total. The van der Waals surface area contributed by atoms with Crippen LogP contribution in [0.1, 0.15) is 55.2 Å². The molecule has 34 heavy (non-hydrogen) atoms. The highest BCUT2D eigenvalue weighted by atomic mass is 19.1. The summed E-state index contributed by atoms with van der Waals surface area (Å²) in [5.41, 5.74) is 2.47. The van der Waals surface area contributed by atoms with E-state index in [1.54, 1.807) is 18.3 Å². The van der Waals surface area contributed by atoms with Gasteiger partial charge < -0.3 is 14.4 Å². The Balaban J connectivity index is 1.65. The van der Waals surface area contributed by atoms with Crippen LogP contribution in [-0.2, 0) is 9.53 Å². The van der Waals surface area contributed by atoms with Gasteiger partial charge in [-0.1, -0.05) is 0 Å². The molecule has 0 amide bonds. The summed E-state index contributed by atoms with van der Waals surface area (Å²) < 4.78 is 36.8. The minimum atomic E-state index is -2.22. The monoisotopic (exact) mass is 465 g/mol. The number of nitrogens with one attached hydrogen (secondary N) is 1. The first-order chi connectivity index (χ1) is 16.4. The van der Waals surface area contributed by atoms with Crippen LogP contribution in [0, 0.1) is 5.82 Å². The predicted molar refractivity (Wildman–Crippen MR) is 124 cm³/mol. The van der Waals surface area contributed by atoms with Gasteiger partial charge in [-0.3, -0.25) is 5.10 Å². The van der Waals surface area contributed by atoms with Crippen molar-refractivity contribution >= 4 is 27.8 Å². The number of rotatable bonds is 4. The molecule has 0 bridgehead atoms. The van der Waals surface area contributed by atoms with Gasteiger partial charge in [0.05, 0.1) is 17.2 Å². The molecule has 6 rings (SSSR count). The summed E-state index contributed by atoms with van der Waals surface area (Å²) in [6, 6.07) is 10.5. The number of alkyl halides is 1. The van der Waals surface area contributed by atoms with E-state index >= 15 is 4.39 Å².